The van der Waals surface area contributed by atoms with Gasteiger partial charge in [0.1, 0.15) is 0 Å². The molecule has 0 spiro atoms. The van der Waals surface area contributed by atoms with Gasteiger partial charge in [0.2, 0.25) is 11.7 Å². The van der Waals surface area contributed by atoms with Crippen LogP contribution in [0.2, 0.25) is 0 Å². The molecule has 13 nitrogen and oxygen atoms in total. The van der Waals surface area contributed by atoms with E-state index in [2.05, 4.69) is 15.6 Å². The van der Waals surface area contributed by atoms with E-state index in [4.69, 9.17) is 14.6 Å². The number of hydrogen-bond donors (Lipinski definition) is 4. The number of aliphatic hydroxyl groups excluding tert-OH is 1. The Hall–Kier alpha value is -4.89. The number of carbonyl (C=O) groups excluding carboxylic acids is 3. The second-order valence-corrected chi connectivity index (χ2v) is 10.8. The Balaban J connectivity index is 0.00000154. The zero-order valence-corrected chi connectivity index (χ0v) is 25.6. The molecule has 4 N–H and O–H groups in total. The van der Waals surface area contributed by atoms with Crippen molar-refractivity contribution < 1.29 is 42.9 Å². The zero-order valence-electron chi connectivity index (χ0n) is 25.6. The van der Waals surface area contributed by atoms with E-state index in [0.717, 1.165) is 0 Å². The first kappa shape index (κ1) is 34.0. The average molecular weight is 643 g/mol. The predicted octanol–water partition coefficient (Wildman–Crippen LogP) is 1.89. The molecule has 1 aromatic heterocycles. The molecule has 0 radical (unpaired) electrons. The number of piperidine rings is 1. The average Bonchev–Trinajstić information content (AvgIpc) is 3.43. The molecule has 2 atom stereocenters. The molecule has 0 saturated carbocycles. The number of carboxylic acid groups (broad SMARTS) is 1. The molecule has 3 heterocycles. The molecular formula is C31H36F2N6O7. The molecule has 0 aliphatic carbocycles. The fourth-order valence-corrected chi connectivity index (χ4v) is 5.59. The third kappa shape index (κ3) is 7.15. The smallest absolute Gasteiger partial charge is 0.291 e. The number of nitrogens with one attached hydrogen (secondary N) is 2. The van der Waals surface area contributed by atoms with Crippen LogP contribution in [0, 0.1) is 24.5 Å². The molecule has 46 heavy (non-hydrogen) atoms. The number of aryl methyl sites for hydroxylation is 1. The van der Waals surface area contributed by atoms with E-state index in [0.29, 0.717) is 62.5 Å². The van der Waals surface area contributed by atoms with Gasteiger partial charge in [0.25, 0.3) is 18.3 Å². The molecule has 3 amide bonds. The third-order valence-electron chi connectivity index (χ3n) is 8.09. The minimum absolute atomic E-state index is 0.0205. The second kappa shape index (κ2) is 14.9. The fraction of sp³-hybridized carbons (Fsp3) is 0.387. The van der Waals surface area contributed by atoms with Crippen LogP contribution < -0.4 is 15.4 Å². The van der Waals surface area contributed by atoms with Gasteiger partial charge in [0, 0.05) is 56.6 Å². The SMILES string of the molecule is COc1ccc(-c2cnc(C(=O)Nc3ccc(C(=O)N4CCN(C(=O)[C@@H]5CCNC[C@@H]5O)CC4)c(C)c3)n2C)c(F)c1F.O=CO. The van der Waals surface area contributed by atoms with Crippen molar-refractivity contribution in [3.63, 3.8) is 0 Å². The van der Waals surface area contributed by atoms with Crippen LogP contribution in [0.5, 0.6) is 5.75 Å². The minimum Gasteiger partial charge on any atom is -0.494 e. The minimum atomic E-state index is -1.13. The van der Waals surface area contributed by atoms with E-state index in [1.807, 2.05) is 0 Å². The number of β-amino-alcohol motifs (C(OH)–C–C–N with tert-alkyl or cyclic N) is 1. The summed E-state index contributed by atoms with van der Waals surface area (Å²) in [6.45, 7) is 4.16. The molecule has 2 fully saturated rings. The number of ether oxygens (including phenoxy) is 1. The number of piperazine rings is 1. The molecule has 246 valence electrons. The predicted molar refractivity (Wildman–Crippen MR) is 162 cm³/mol. The number of aliphatic hydroxyl groups is 1. The van der Waals surface area contributed by atoms with Crippen LogP contribution >= 0.6 is 0 Å². The summed E-state index contributed by atoms with van der Waals surface area (Å²) in [4.78, 5) is 55.1. The van der Waals surface area contributed by atoms with Gasteiger partial charge in [0.15, 0.2) is 17.4 Å². The number of nitrogens with zero attached hydrogens (tertiary/aromatic N) is 4. The van der Waals surface area contributed by atoms with Crippen LogP contribution in [0.3, 0.4) is 0 Å². The van der Waals surface area contributed by atoms with E-state index in [1.54, 1.807) is 34.9 Å². The molecular weight excluding hydrogens is 606 g/mol. The van der Waals surface area contributed by atoms with Crippen LogP contribution in [-0.2, 0) is 16.6 Å². The first-order chi connectivity index (χ1) is 22.0. The maximum atomic E-state index is 14.6. The molecule has 0 bridgehead atoms. The van der Waals surface area contributed by atoms with Gasteiger partial charge in [-0.2, -0.15) is 4.39 Å². The van der Waals surface area contributed by atoms with E-state index in [9.17, 15) is 28.3 Å². The van der Waals surface area contributed by atoms with Crippen LogP contribution in [0.25, 0.3) is 11.3 Å². The van der Waals surface area contributed by atoms with Crippen LogP contribution in [-0.4, -0.2) is 106 Å². The number of hydrogen-bond acceptors (Lipinski definition) is 8. The number of benzene rings is 2. The lowest BCUT2D eigenvalue weighted by Gasteiger charge is -2.38. The van der Waals surface area contributed by atoms with Crippen molar-refractivity contribution in [3.05, 3.63) is 65.1 Å². The molecule has 15 heteroatoms. The Morgan fingerprint density at radius 1 is 1.09 bits per heavy atom. The number of methoxy groups -OCH3 is 1. The third-order valence-corrected chi connectivity index (χ3v) is 8.09. The molecule has 2 saturated heterocycles. The van der Waals surface area contributed by atoms with Crippen molar-refractivity contribution in [2.75, 3.05) is 51.7 Å². The van der Waals surface area contributed by atoms with Gasteiger partial charge < -0.3 is 40.0 Å². The molecule has 2 aliphatic heterocycles. The summed E-state index contributed by atoms with van der Waals surface area (Å²) in [6, 6.07) is 7.57. The van der Waals surface area contributed by atoms with Crippen molar-refractivity contribution in [1.29, 1.82) is 0 Å². The summed E-state index contributed by atoms with van der Waals surface area (Å²) < 4.78 is 35.1. The van der Waals surface area contributed by atoms with Gasteiger partial charge in [-0.05, 0) is 55.8 Å². The first-order valence-electron chi connectivity index (χ1n) is 14.5. The monoisotopic (exact) mass is 642 g/mol. The molecule has 2 aliphatic rings. The Morgan fingerprint density at radius 3 is 2.39 bits per heavy atom. The highest BCUT2D eigenvalue weighted by Gasteiger charge is 2.34. The lowest BCUT2D eigenvalue weighted by Crippen LogP contribution is -2.55. The summed E-state index contributed by atoms with van der Waals surface area (Å²) >= 11 is 0. The van der Waals surface area contributed by atoms with Crippen molar-refractivity contribution in [3.8, 4) is 17.0 Å². The lowest BCUT2D eigenvalue weighted by atomic mass is 9.93. The molecule has 5 rings (SSSR count). The number of carbonyl (C=O) groups is 4. The van der Waals surface area contributed by atoms with Gasteiger partial charge in [0.05, 0.1) is 31.0 Å². The van der Waals surface area contributed by atoms with E-state index >= 15 is 0 Å². The number of halogens is 2. The number of anilines is 1. The highest BCUT2D eigenvalue weighted by Crippen LogP contribution is 2.30. The van der Waals surface area contributed by atoms with Crippen LogP contribution in [0.4, 0.5) is 14.5 Å². The summed E-state index contributed by atoms with van der Waals surface area (Å²) in [5, 5.41) is 22.9. The van der Waals surface area contributed by atoms with E-state index in [-0.39, 0.29) is 41.1 Å². The first-order valence-corrected chi connectivity index (χ1v) is 14.5. The largest absolute Gasteiger partial charge is 0.494 e. The van der Waals surface area contributed by atoms with Crippen LogP contribution in [0.15, 0.2) is 36.5 Å². The van der Waals surface area contributed by atoms with Crippen molar-refractivity contribution in [2.45, 2.75) is 19.4 Å². The Kier molecular flexibility index (Phi) is 11.0. The van der Waals surface area contributed by atoms with Gasteiger partial charge in [-0.3, -0.25) is 19.2 Å². The number of amides is 3. The maximum absolute atomic E-state index is 14.6. The maximum Gasteiger partial charge on any atom is 0.291 e. The lowest BCUT2D eigenvalue weighted by molar-refractivity contribution is -0.142. The summed E-state index contributed by atoms with van der Waals surface area (Å²) in [5.41, 5.74) is 1.69. The standard InChI is InChI=1S/C30H34F2N6O5.CH2O2/c1-17-14-18(35-28(40)27-34-15-22(36(27)2)20-6-7-24(43-3)26(32)25(20)31)4-5-19(17)29(41)37-10-12-38(13-11-37)30(42)21-8-9-33-16-23(21)39;2-1-3/h4-7,14-15,21,23,33,39H,8-13,16H2,1-3H3,(H,35,40);1H,(H,2,3)/t21-,23+;/m1./s1. The Morgan fingerprint density at radius 2 is 1.76 bits per heavy atom. The zero-order chi connectivity index (χ0) is 33.5. The Labute approximate surface area is 263 Å². The number of rotatable bonds is 6. The van der Waals surface area contributed by atoms with Gasteiger partial charge in [-0.15, -0.1) is 0 Å². The van der Waals surface area contributed by atoms with E-state index < -0.39 is 29.6 Å². The van der Waals surface area contributed by atoms with E-state index in [1.165, 1.54) is 37.1 Å². The van der Waals surface area contributed by atoms with Crippen molar-refractivity contribution in [2.24, 2.45) is 13.0 Å². The van der Waals surface area contributed by atoms with Crippen LogP contribution in [0.1, 0.15) is 33.0 Å². The van der Waals surface area contributed by atoms with Gasteiger partial charge >= 0.3 is 0 Å². The summed E-state index contributed by atoms with van der Waals surface area (Å²) in [5.74, 6) is -3.73. The molecule has 3 aromatic rings. The quantitative estimate of drug-likeness (QED) is 0.294. The topological polar surface area (TPSA) is 166 Å². The van der Waals surface area contributed by atoms with Gasteiger partial charge in [-0.25, -0.2) is 9.37 Å². The summed E-state index contributed by atoms with van der Waals surface area (Å²) in [6.07, 6.45) is 1.17. The highest BCUT2D eigenvalue weighted by molar-refractivity contribution is 6.03. The van der Waals surface area contributed by atoms with Crippen molar-refractivity contribution in [1.82, 2.24) is 24.7 Å². The van der Waals surface area contributed by atoms with Gasteiger partial charge in [-0.1, -0.05) is 0 Å². The number of imidazole rings is 1. The van der Waals surface area contributed by atoms with Crippen molar-refractivity contribution >= 4 is 29.9 Å². The molecule has 2 aromatic carbocycles. The summed E-state index contributed by atoms with van der Waals surface area (Å²) in [7, 11) is 2.76. The highest BCUT2D eigenvalue weighted by atomic mass is 19.2. The molecule has 0 unspecified atom stereocenters. The normalized spacial score (nSPS) is 17.9. The fourth-order valence-electron chi connectivity index (χ4n) is 5.59. The second-order valence-electron chi connectivity index (χ2n) is 10.8. The number of aromatic nitrogens is 2. The Bertz CT molecular complexity index is 1610.